The van der Waals surface area contributed by atoms with Crippen molar-refractivity contribution in [3.8, 4) is 11.6 Å². The number of pyridine rings is 1. The molecule has 2 aromatic carbocycles. The minimum Gasteiger partial charge on any atom is -0.512 e. The Kier molecular flexibility index (Phi) is 5.85. The lowest BCUT2D eigenvalue weighted by molar-refractivity contribution is -0.118. The van der Waals surface area contributed by atoms with Gasteiger partial charge in [-0.25, -0.2) is 4.98 Å². The van der Waals surface area contributed by atoms with Gasteiger partial charge < -0.3 is 14.6 Å². The lowest BCUT2D eigenvalue weighted by atomic mass is 9.67. The average Bonchev–Trinajstić information content (AvgIpc) is 2.79. The molecule has 0 bridgehead atoms. The van der Waals surface area contributed by atoms with Crippen molar-refractivity contribution in [3.63, 3.8) is 0 Å². The monoisotopic (exact) mass is 463 g/mol. The molecule has 0 atom stereocenters. The van der Waals surface area contributed by atoms with Crippen LogP contribution in [0.2, 0.25) is 5.02 Å². The van der Waals surface area contributed by atoms with Crippen molar-refractivity contribution < 1.29 is 19.4 Å². The van der Waals surface area contributed by atoms with Gasteiger partial charge in [0.2, 0.25) is 5.88 Å². The van der Waals surface area contributed by atoms with Crippen LogP contribution >= 0.6 is 11.6 Å². The Morgan fingerprint density at radius 3 is 2.67 bits per heavy atom. The molecule has 2 aliphatic rings. The number of halogens is 1. The van der Waals surface area contributed by atoms with Crippen molar-refractivity contribution >= 4 is 33.9 Å². The Hall–Kier alpha value is -2.89. The van der Waals surface area contributed by atoms with E-state index in [0.29, 0.717) is 48.3 Å². The zero-order valence-corrected chi connectivity index (χ0v) is 19.3. The van der Waals surface area contributed by atoms with Gasteiger partial charge in [0, 0.05) is 42.5 Å². The molecular weight excluding hydrogens is 438 g/mol. The summed E-state index contributed by atoms with van der Waals surface area (Å²) in [6.07, 6.45) is 3.31. The second-order valence-electron chi connectivity index (χ2n) is 8.97. The summed E-state index contributed by atoms with van der Waals surface area (Å²) in [5.74, 6) is 1.20. The van der Waals surface area contributed by atoms with Crippen LogP contribution in [0.15, 0.2) is 54.3 Å². The molecule has 0 unspecified atom stereocenters. The molecule has 1 aliphatic heterocycles. The first-order valence-corrected chi connectivity index (χ1v) is 11.7. The number of ether oxygens (including phenoxy) is 2. The summed E-state index contributed by atoms with van der Waals surface area (Å²) in [7, 11) is 0. The molecule has 170 valence electrons. The van der Waals surface area contributed by atoms with Crippen molar-refractivity contribution in [1.29, 1.82) is 0 Å². The third-order valence-electron chi connectivity index (χ3n) is 6.78. The molecular formula is C27H26ClNO4. The van der Waals surface area contributed by atoms with Gasteiger partial charge in [0.05, 0.1) is 11.1 Å². The highest BCUT2D eigenvalue weighted by atomic mass is 35.5. The predicted octanol–water partition coefficient (Wildman–Crippen LogP) is 6.67. The standard InChI is InChI=1S/C27H26ClNO4/c1-2-17-3-6-20(33-25-8-4-18-13-19(28)5-7-22(18)29-25)14-21(17)26-23(30)15-27(16-24(26)31)9-11-32-12-10-27/h3-8,13-14,30H,2,9-12,15-16H2,1H3. The number of aliphatic hydroxyl groups excluding tert-OH is 1. The third kappa shape index (κ3) is 4.35. The number of aryl methyl sites for hydroxylation is 1. The van der Waals surface area contributed by atoms with E-state index in [1.54, 1.807) is 12.1 Å². The maximum atomic E-state index is 13.3. The molecule has 3 aromatic rings. The Labute approximate surface area is 198 Å². The van der Waals surface area contributed by atoms with Gasteiger partial charge in [-0.2, -0.15) is 0 Å². The van der Waals surface area contributed by atoms with Crippen LogP contribution in [0.4, 0.5) is 0 Å². The van der Waals surface area contributed by atoms with Gasteiger partial charge in [-0.3, -0.25) is 4.79 Å². The number of fused-ring (bicyclic) bond motifs is 1. The highest BCUT2D eigenvalue weighted by Gasteiger charge is 2.41. The third-order valence-corrected chi connectivity index (χ3v) is 7.01. The lowest BCUT2D eigenvalue weighted by Crippen LogP contribution is -2.36. The first-order valence-electron chi connectivity index (χ1n) is 11.4. The Balaban J connectivity index is 1.48. The molecule has 5 rings (SSSR count). The lowest BCUT2D eigenvalue weighted by Gasteiger charge is -2.39. The summed E-state index contributed by atoms with van der Waals surface area (Å²) in [5.41, 5.74) is 2.78. The number of hydrogen-bond donors (Lipinski definition) is 1. The van der Waals surface area contributed by atoms with Crippen LogP contribution in [0, 0.1) is 5.41 Å². The van der Waals surface area contributed by atoms with Gasteiger partial charge in [-0.15, -0.1) is 0 Å². The van der Waals surface area contributed by atoms with E-state index in [1.807, 2.05) is 43.3 Å². The Morgan fingerprint density at radius 1 is 1.09 bits per heavy atom. The summed E-state index contributed by atoms with van der Waals surface area (Å²) < 4.78 is 11.5. The van der Waals surface area contributed by atoms with Crippen LogP contribution in [0.25, 0.3) is 16.5 Å². The number of aliphatic hydroxyl groups is 1. The summed E-state index contributed by atoms with van der Waals surface area (Å²) in [6.45, 7) is 3.33. The number of hydrogen-bond acceptors (Lipinski definition) is 5. The maximum Gasteiger partial charge on any atom is 0.219 e. The molecule has 0 amide bonds. The second kappa shape index (κ2) is 8.81. The predicted molar refractivity (Wildman–Crippen MR) is 129 cm³/mol. The van der Waals surface area contributed by atoms with Crippen molar-refractivity contribution in [2.24, 2.45) is 5.41 Å². The molecule has 6 heteroatoms. The van der Waals surface area contributed by atoms with Crippen molar-refractivity contribution in [1.82, 2.24) is 4.98 Å². The number of rotatable bonds is 4. The van der Waals surface area contributed by atoms with Crippen LogP contribution in [0.5, 0.6) is 11.6 Å². The summed E-state index contributed by atoms with van der Waals surface area (Å²) >= 11 is 6.06. The number of benzene rings is 2. The van der Waals surface area contributed by atoms with Crippen molar-refractivity contribution in [2.45, 2.75) is 39.0 Å². The van der Waals surface area contributed by atoms with E-state index in [-0.39, 0.29) is 17.0 Å². The normalized spacial score (nSPS) is 18.2. The summed E-state index contributed by atoms with van der Waals surface area (Å²) in [5, 5.41) is 12.6. The van der Waals surface area contributed by atoms with Gasteiger partial charge in [0.25, 0.3) is 0 Å². The van der Waals surface area contributed by atoms with E-state index >= 15 is 0 Å². The second-order valence-corrected chi connectivity index (χ2v) is 9.41. The first kappa shape index (κ1) is 21.9. The van der Waals surface area contributed by atoms with E-state index in [1.165, 1.54) is 0 Å². The Bertz CT molecular complexity index is 1260. The fourth-order valence-electron chi connectivity index (χ4n) is 4.98. The fraction of sp³-hybridized carbons (Fsp3) is 0.333. The molecule has 5 nitrogen and oxygen atoms in total. The number of Topliss-reactive ketones (excluding diaryl/α,β-unsaturated/α-hetero) is 1. The van der Waals surface area contributed by atoms with Gasteiger partial charge >= 0.3 is 0 Å². The number of carbonyl (C=O) groups is 1. The van der Waals surface area contributed by atoms with Gasteiger partial charge in [-0.05, 0) is 72.2 Å². The zero-order chi connectivity index (χ0) is 23.0. The van der Waals surface area contributed by atoms with E-state index < -0.39 is 0 Å². The topological polar surface area (TPSA) is 68.7 Å². The minimum atomic E-state index is -0.179. The van der Waals surface area contributed by atoms with E-state index in [4.69, 9.17) is 21.1 Å². The number of allylic oxidation sites excluding steroid dienone is 2. The van der Waals surface area contributed by atoms with E-state index in [9.17, 15) is 9.90 Å². The molecule has 1 aromatic heterocycles. The molecule has 1 spiro atoms. The number of carbonyl (C=O) groups excluding carboxylic acids is 1. The molecule has 0 saturated carbocycles. The molecule has 1 fully saturated rings. The smallest absolute Gasteiger partial charge is 0.219 e. The highest BCUT2D eigenvalue weighted by molar-refractivity contribution is 6.31. The van der Waals surface area contributed by atoms with Crippen LogP contribution in [0.1, 0.15) is 43.7 Å². The average molecular weight is 464 g/mol. The van der Waals surface area contributed by atoms with Crippen LogP contribution in [-0.4, -0.2) is 29.1 Å². The summed E-state index contributed by atoms with van der Waals surface area (Å²) in [4.78, 5) is 17.8. The molecule has 33 heavy (non-hydrogen) atoms. The SMILES string of the molecule is CCc1ccc(Oc2ccc3cc(Cl)ccc3n2)cc1C1=C(O)CC2(CCOCC2)CC1=O. The van der Waals surface area contributed by atoms with Crippen LogP contribution in [0.3, 0.4) is 0 Å². The van der Waals surface area contributed by atoms with Crippen molar-refractivity contribution in [2.75, 3.05) is 13.2 Å². The molecule has 2 heterocycles. The van der Waals surface area contributed by atoms with E-state index in [2.05, 4.69) is 4.98 Å². The summed E-state index contributed by atoms with van der Waals surface area (Å²) in [6, 6.07) is 14.9. The molecule has 0 radical (unpaired) electrons. The van der Waals surface area contributed by atoms with E-state index in [0.717, 1.165) is 41.3 Å². The zero-order valence-electron chi connectivity index (χ0n) is 18.6. The van der Waals surface area contributed by atoms with Gasteiger partial charge in [0.1, 0.15) is 11.5 Å². The van der Waals surface area contributed by atoms with Crippen molar-refractivity contribution in [3.05, 3.63) is 70.4 Å². The largest absolute Gasteiger partial charge is 0.512 e. The number of ketones is 1. The molecule has 1 aliphatic carbocycles. The minimum absolute atomic E-state index is 0.00629. The molecule has 1 N–H and O–H groups in total. The first-order chi connectivity index (χ1) is 16.0. The van der Waals surface area contributed by atoms with Crippen LogP contribution in [-0.2, 0) is 16.0 Å². The van der Waals surface area contributed by atoms with Gasteiger partial charge in [-0.1, -0.05) is 24.6 Å². The fourth-order valence-corrected chi connectivity index (χ4v) is 5.16. The quantitative estimate of drug-likeness (QED) is 0.467. The Morgan fingerprint density at radius 2 is 1.91 bits per heavy atom. The highest BCUT2D eigenvalue weighted by Crippen LogP contribution is 2.47. The number of nitrogens with zero attached hydrogens (tertiary/aromatic N) is 1. The van der Waals surface area contributed by atoms with Gasteiger partial charge in [0.15, 0.2) is 5.78 Å². The number of aromatic nitrogens is 1. The van der Waals surface area contributed by atoms with Crippen LogP contribution < -0.4 is 4.74 Å². The maximum absolute atomic E-state index is 13.3. The molecule has 1 saturated heterocycles.